The standard InChI is InChI=1S/C19H25N5O/c1-4-23-9-11-24(12-10-23)19(25)17-7-8-18(22-21-17)20-16-6-5-14(2)15(3)13-16/h5-8,13H,4,9-12H2,1-3H3,(H,20,22). The molecular formula is C19H25N5O. The molecule has 0 bridgehead atoms. The molecule has 0 aliphatic carbocycles. The minimum Gasteiger partial charge on any atom is -0.339 e. The van der Waals surface area contributed by atoms with E-state index in [0.29, 0.717) is 11.5 Å². The molecule has 1 aliphatic rings. The van der Waals surface area contributed by atoms with Crippen molar-refractivity contribution in [2.24, 2.45) is 0 Å². The van der Waals surface area contributed by atoms with Crippen LogP contribution in [0, 0.1) is 13.8 Å². The van der Waals surface area contributed by atoms with Crippen molar-refractivity contribution in [2.75, 3.05) is 38.0 Å². The van der Waals surface area contributed by atoms with Gasteiger partial charge in [-0.25, -0.2) is 0 Å². The Bertz CT molecular complexity index is 736. The van der Waals surface area contributed by atoms with E-state index in [2.05, 4.69) is 53.3 Å². The summed E-state index contributed by atoms with van der Waals surface area (Å²) in [5.41, 5.74) is 3.83. The van der Waals surface area contributed by atoms with Gasteiger partial charge in [-0.2, -0.15) is 0 Å². The van der Waals surface area contributed by atoms with E-state index in [1.54, 1.807) is 12.1 Å². The van der Waals surface area contributed by atoms with Crippen molar-refractivity contribution < 1.29 is 4.79 Å². The first-order chi connectivity index (χ1) is 12.1. The molecule has 1 saturated heterocycles. The second kappa shape index (κ2) is 7.61. The number of nitrogens with zero attached hydrogens (tertiary/aromatic N) is 4. The van der Waals surface area contributed by atoms with Crippen LogP contribution in [-0.4, -0.2) is 58.6 Å². The van der Waals surface area contributed by atoms with E-state index in [1.807, 2.05) is 11.0 Å². The summed E-state index contributed by atoms with van der Waals surface area (Å²) in [5.74, 6) is 0.594. The van der Waals surface area contributed by atoms with E-state index in [0.717, 1.165) is 38.4 Å². The van der Waals surface area contributed by atoms with Crippen molar-refractivity contribution in [3.05, 3.63) is 47.2 Å². The first-order valence-corrected chi connectivity index (χ1v) is 8.76. The zero-order valence-corrected chi connectivity index (χ0v) is 15.1. The quantitative estimate of drug-likeness (QED) is 0.928. The van der Waals surface area contributed by atoms with Crippen LogP contribution in [0.25, 0.3) is 0 Å². The third kappa shape index (κ3) is 4.14. The molecule has 0 unspecified atom stereocenters. The van der Waals surface area contributed by atoms with Gasteiger partial charge in [0.05, 0.1) is 0 Å². The molecule has 1 amide bonds. The van der Waals surface area contributed by atoms with Gasteiger partial charge < -0.3 is 15.1 Å². The Morgan fingerprint density at radius 3 is 2.40 bits per heavy atom. The van der Waals surface area contributed by atoms with Gasteiger partial charge in [-0.3, -0.25) is 4.79 Å². The highest BCUT2D eigenvalue weighted by Crippen LogP contribution is 2.18. The summed E-state index contributed by atoms with van der Waals surface area (Å²) in [6.45, 7) is 10.7. The zero-order valence-electron chi connectivity index (χ0n) is 15.1. The smallest absolute Gasteiger partial charge is 0.274 e. The molecule has 1 aromatic heterocycles. The second-order valence-electron chi connectivity index (χ2n) is 6.45. The van der Waals surface area contributed by atoms with Gasteiger partial charge in [0, 0.05) is 31.9 Å². The van der Waals surface area contributed by atoms with Crippen molar-refractivity contribution in [1.29, 1.82) is 0 Å². The fraction of sp³-hybridized carbons (Fsp3) is 0.421. The number of rotatable bonds is 4. The lowest BCUT2D eigenvalue weighted by Crippen LogP contribution is -2.48. The Balaban J connectivity index is 1.63. The van der Waals surface area contributed by atoms with Gasteiger partial charge in [0.2, 0.25) is 0 Å². The average molecular weight is 339 g/mol. The normalized spacial score (nSPS) is 15.2. The predicted octanol–water partition coefficient (Wildman–Crippen LogP) is 2.61. The largest absolute Gasteiger partial charge is 0.339 e. The molecule has 0 radical (unpaired) electrons. The molecule has 0 spiro atoms. The van der Waals surface area contributed by atoms with E-state index in [-0.39, 0.29) is 5.91 Å². The maximum atomic E-state index is 12.5. The van der Waals surface area contributed by atoms with Crippen molar-refractivity contribution >= 4 is 17.4 Å². The Hall–Kier alpha value is -2.47. The summed E-state index contributed by atoms with van der Waals surface area (Å²) in [7, 11) is 0. The number of hydrogen-bond acceptors (Lipinski definition) is 5. The molecular weight excluding hydrogens is 314 g/mol. The molecule has 6 nitrogen and oxygen atoms in total. The highest BCUT2D eigenvalue weighted by atomic mass is 16.2. The van der Waals surface area contributed by atoms with Crippen LogP contribution in [0.15, 0.2) is 30.3 Å². The lowest BCUT2D eigenvalue weighted by atomic mass is 10.1. The number of nitrogens with one attached hydrogen (secondary N) is 1. The van der Waals surface area contributed by atoms with Crippen molar-refractivity contribution in [1.82, 2.24) is 20.0 Å². The number of carbonyl (C=O) groups is 1. The number of anilines is 2. The molecule has 0 saturated carbocycles. The third-order valence-electron chi connectivity index (χ3n) is 4.77. The molecule has 2 aromatic rings. The fourth-order valence-electron chi connectivity index (χ4n) is 2.91. The van der Waals surface area contributed by atoms with E-state index in [1.165, 1.54) is 11.1 Å². The molecule has 1 aromatic carbocycles. The molecule has 6 heteroatoms. The number of piperazine rings is 1. The second-order valence-corrected chi connectivity index (χ2v) is 6.45. The van der Waals surface area contributed by atoms with Crippen molar-refractivity contribution in [2.45, 2.75) is 20.8 Å². The minimum atomic E-state index is -0.0408. The summed E-state index contributed by atoms with van der Waals surface area (Å²) < 4.78 is 0. The summed E-state index contributed by atoms with van der Waals surface area (Å²) >= 11 is 0. The lowest BCUT2D eigenvalue weighted by Gasteiger charge is -2.33. The van der Waals surface area contributed by atoms with Crippen molar-refractivity contribution in [3.63, 3.8) is 0 Å². The maximum absolute atomic E-state index is 12.5. The maximum Gasteiger partial charge on any atom is 0.274 e. The van der Waals surface area contributed by atoms with Crippen LogP contribution < -0.4 is 5.32 Å². The zero-order chi connectivity index (χ0) is 17.8. The van der Waals surface area contributed by atoms with E-state index >= 15 is 0 Å². The molecule has 132 valence electrons. The number of aromatic nitrogens is 2. The Labute approximate surface area is 148 Å². The van der Waals surface area contributed by atoms with E-state index in [4.69, 9.17) is 0 Å². The summed E-state index contributed by atoms with van der Waals surface area (Å²) in [4.78, 5) is 16.7. The Morgan fingerprint density at radius 2 is 1.80 bits per heavy atom. The van der Waals surface area contributed by atoms with Gasteiger partial charge in [-0.15, -0.1) is 10.2 Å². The summed E-state index contributed by atoms with van der Waals surface area (Å²) in [6, 6.07) is 9.70. The first-order valence-electron chi connectivity index (χ1n) is 8.76. The molecule has 3 rings (SSSR count). The molecule has 1 aliphatic heterocycles. The topological polar surface area (TPSA) is 61.4 Å². The van der Waals surface area contributed by atoms with Crippen LogP contribution in [0.2, 0.25) is 0 Å². The molecule has 1 fully saturated rings. The number of hydrogen-bond donors (Lipinski definition) is 1. The number of aryl methyl sites for hydroxylation is 2. The number of amides is 1. The summed E-state index contributed by atoms with van der Waals surface area (Å²) in [6.07, 6.45) is 0. The van der Waals surface area contributed by atoms with Gasteiger partial charge in [-0.05, 0) is 55.8 Å². The molecule has 0 atom stereocenters. The minimum absolute atomic E-state index is 0.0408. The monoisotopic (exact) mass is 339 g/mol. The number of carbonyl (C=O) groups excluding carboxylic acids is 1. The predicted molar refractivity (Wildman–Crippen MR) is 99.2 cm³/mol. The van der Waals surface area contributed by atoms with Crippen LogP contribution in [0.5, 0.6) is 0 Å². The van der Waals surface area contributed by atoms with Crippen LogP contribution in [0.1, 0.15) is 28.5 Å². The van der Waals surface area contributed by atoms with Crippen molar-refractivity contribution in [3.8, 4) is 0 Å². The van der Waals surface area contributed by atoms with Gasteiger partial charge in [0.1, 0.15) is 0 Å². The molecule has 1 N–H and O–H groups in total. The third-order valence-corrected chi connectivity index (χ3v) is 4.77. The average Bonchev–Trinajstić information content (AvgIpc) is 2.65. The SMILES string of the molecule is CCN1CCN(C(=O)c2ccc(Nc3ccc(C)c(C)c3)nn2)CC1. The van der Waals surface area contributed by atoms with Gasteiger partial charge in [-0.1, -0.05) is 13.0 Å². The number of likely N-dealkylation sites (N-methyl/N-ethyl adjacent to an activating group) is 1. The number of benzene rings is 1. The highest BCUT2D eigenvalue weighted by molar-refractivity contribution is 5.92. The first kappa shape index (κ1) is 17.4. The Morgan fingerprint density at radius 1 is 1.04 bits per heavy atom. The van der Waals surface area contributed by atoms with Crippen LogP contribution in [0.3, 0.4) is 0 Å². The molecule has 25 heavy (non-hydrogen) atoms. The fourth-order valence-corrected chi connectivity index (χ4v) is 2.91. The van der Waals surface area contributed by atoms with Crippen LogP contribution in [0.4, 0.5) is 11.5 Å². The summed E-state index contributed by atoms with van der Waals surface area (Å²) in [5, 5.41) is 11.5. The van der Waals surface area contributed by atoms with E-state index < -0.39 is 0 Å². The van der Waals surface area contributed by atoms with Crippen LogP contribution >= 0.6 is 0 Å². The highest BCUT2D eigenvalue weighted by Gasteiger charge is 2.22. The lowest BCUT2D eigenvalue weighted by molar-refractivity contribution is 0.0636. The van der Waals surface area contributed by atoms with Gasteiger partial charge >= 0.3 is 0 Å². The van der Waals surface area contributed by atoms with Gasteiger partial charge in [0.15, 0.2) is 11.5 Å². The Kier molecular flexibility index (Phi) is 5.28. The van der Waals surface area contributed by atoms with E-state index in [9.17, 15) is 4.79 Å². The van der Waals surface area contributed by atoms with Gasteiger partial charge in [0.25, 0.3) is 5.91 Å². The van der Waals surface area contributed by atoms with Crippen LogP contribution in [-0.2, 0) is 0 Å². The molecule has 2 heterocycles.